The Morgan fingerprint density at radius 2 is 1.41 bits per heavy atom. The minimum Gasteiger partial charge on any atom is -0.303 e. The Hall–Kier alpha value is -0.120. The predicted octanol–water partition coefficient (Wildman–Crippen LogP) is 4.33. The molecule has 0 aromatic rings. The minimum atomic E-state index is 0.721. The van der Waals surface area contributed by atoms with Crippen molar-refractivity contribution in [3.05, 3.63) is 0 Å². The van der Waals surface area contributed by atoms with Gasteiger partial charge in [-0.2, -0.15) is 0 Å². The number of likely N-dealkylation sites (tertiary alicyclic amines) is 1. The molecule has 27 heavy (non-hydrogen) atoms. The third kappa shape index (κ3) is 4.90. The predicted molar refractivity (Wildman–Crippen MR) is 115 cm³/mol. The average Bonchev–Trinajstić information content (AvgIpc) is 3.34. The quantitative estimate of drug-likeness (QED) is 0.656. The summed E-state index contributed by atoms with van der Waals surface area (Å²) in [4.78, 5) is 8.23. The van der Waals surface area contributed by atoms with Crippen LogP contribution >= 0.6 is 0 Å². The zero-order valence-corrected chi connectivity index (χ0v) is 18.7. The van der Waals surface area contributed by atoms with E-state index in [1.165, 1.54) is 97.3 Å². The second kappa shape index (κ2) is 7.95. The van der Waals surface area contributed by atoms with E-state index in [0.29, 0.717) is 0 Å². The molecule has 0 aromatic heterocycles. The Balaban J connectivity index is 1.14. The van der Waals surface area contributed by atoms with Gasteiger partial charge in [-0.1, -0.05) is 13.8 Å². The first-order valence-electron chi connectivity index (χ1n) is 12.1. The Morgan fingerprint density at radius 3 is 1.93 bits per heavy atom. The van der Waals surface area contributed by atoms with E-state index in [-0.39, 0.29) is 0 Å². The van der Waals surface area contributed by atoms with Crippen LogP contribution in [0.3, 0.4) is 0 Å². The molecule has 4 fully saturated rings. The molecular weight excluding hydrogens is 330 g/mol. The highest BCUT2D eigenvalue weighted by molar-refractivity contribution is 5.01. The number of nitrogens with zero attached hydrogens (tertiary/aromatic N) is 3. The fourth-order valence-corrected chi connectivity index (χ4v) is 6.66. The molecule has 0 amide bonds. The van der Waals surface area contributed by atoms with Crippen molar-refractivity contribution in [2.24, 2.45) is 22.7 Å². The maximum atomic E-state index is 2.83. The molecule has 0 radical (unpaired) electrons. The van der Waals surface area contributed by atoms with Gasteiger partial charge in [0.05, 0.1) is 0 Å². The van der Waals surface area contributed by atoms with Crippen LogP contribution in [0.5, 0.6) is 0 Å². The van der Waals surface area contributed by atoms with E-state index in [0.717, 1.165) is 28.7 Å². The molecule has 3 heteroatoms. The van der Waals surface area contributed by atoms with E-state index in [2.05, 4.69) is 42.4 Å². The summed E-state index contributed by atoms with van der Waals surface area (Å²) >= 11 is 0. The SMILES string of the molecule is CC(C)CC1(CN2CCC3(CC2)CC(CN2CCN(C(C)C)CC2)C3)CC1. The van der Waals surface area contributed by atoms with Gasteiger partial charge in [0, 0.05) is 45.3 Å². The molecule has 0 N–H and O–H groups in total. The van der Waals surface area contributed by atoms with Crippen molar-refractivity contribution in [2.45, 2.75) is 78.7 Å². The molecule has 2 aliphatic heterocycles. The van der Waals surface area contributed by atoms with Gasteiger partial charge in [-0.3, -0.25) is 4.90 Å². The molecule has 0 atom stereocenters. The molecule has 156 valence electrons. The zero-order chi connectivity index (χ0) is 19.1. The first-order chi connectivity index (χ1) is 12.9. The smallest absolute Gasteiger partial charge is 0.0113 e. The van der Waals surface area contributed by atoms with Crippen LogP contribution < -0.4 is 0 Å². The van der Waals surface area contributed by atoms with Crippen LogP contribution in [0.2, 0.25) is 0 Å². The molecule has 2 aliphatic carbocycles. The molecule has 2 heterocycles. The lowest BCUT2D eigenvalue weighted by molar-refractivity contribution is -0.0353. The molecule has 2 saturated heterocycles. The van der Waals surface area contributed by atoms with Gasteiger partial charge in [0.25, 0.3) is 0 Å². The summed E-state index contributed by atoms with van der Waals surface area (Å²) < 4.78 is 0. The summed E-state index contributed by atoms with van der Waals surface area (Å²) in [7, 11) is 0. The molecule has 3 nitrogen and oxygen atoms in total. The largest absolute Gasteiger partial charge is 0.303 e. The molecule has 2 saturated carbocycles. The molecular formula is C24H45N3. The van der Waals surface area contributed by atoms with Crippen molar-refractivity contribution in [1.82, 2.24) is 14.7 Å². The van der Waals surface area contributed by atoms with E-state index in [1.807, 2.05) is 0 Å². The number of piperidine rings is 1. The van der Waals surface area contributed by atoms with Crippen LogP contribution in [0.4, 0.5) is 0 Å². The van der Waals surface area contributed by atoms with Crippen molar-refractivity contribution < 1.29 is 0 Å². The Bertz CT molecular complexity index is 472. The van der Waals surface area contributed by atoms with Crippen LogP contribution in [-0.4, -0.2) is 73.1 Å². The van der Waals surface area contributed by atoms with Crippen molar-refractivity contribution in [1.29, 1.82) is 0 Å². The van der Waals surface area contributed by atoms with E-state index in [1.54, 1.807) is 0 Å². The van der Waals surface area contributed by atoms with Crippen LogP contribution in [0.15, 0.2) is 0 Å². The molecule has 1 spiro atoms. The lowest BCUT2D eigenvalue weighted by Gasteiger charge is -2.54. The number of rotatable bonds is 7. The lowest BCUT2D eigenvalue weighted by Crippen LogP contribution is -2.53. The highest BCUT2D eigenvalue weighted by Gasteiger charge is 2.48. The molecule has 0 unspecified atom stereocenters. The van der Waals surface area contributed by atoms with Crippen LogP contribution in [0.1, 0.15) is 72.6 Å². The summed E-state index contributed by atoms with van der Waals surface area (Å²) in [5.41, 5.74) is 1.47. The van der Waals surface area contributed by atoms with Gasteiger partial charge in [0.1, 0.15) is 0 Å². The normalized spacial score (nSPS) is 29.6. The minimum absolute atomic E-state index is 0.721. The molecule has 0 aromatic carbocycles. The first-order valence-corrected chi connectivity index (χ1v) is 12.1. The van der Waals surface area contributed by atoms with Gasteiger partial charge in [0.15, 0.2) is 0 Å². The Labute approximate surface area is 168 Å². The Kier molecular flexibility index (Phi) is 5.94. The third-order valence-corrected chi connectivity index (χ3v) is 8.37. The van der Waals surface area contributed by atoms with Gasteiger partial charge >= 0.3 is 0 Å². The second-order valence-electron chi connectivity index (χ2n) is 11.6. The summed E-state index contributed by atoms with van der Waals surface area (Å²) in [6, 6.07) is 0.722. The van der Waals surface area contributed by atoms with E-state index < -0.39 is 0 Å². The standard InChI is InChI=1S/C24H45N3/c1-20(2)15-24(5-6-24)19-26-9-7-23(8-10-26)16-22(17-23)18-25-11-13-27(14-12-25)21(3)4/h20-22H,5-19H2,1-4H3. The van der Waals surface area contributed by atoms with Crippen molar-refractivity contribution in [3.8, 4) is 0 Å². The van der Waals surface area contributed by atoms with Gasteiger partial charge in [-0.15, -0.1) is 0 Å². The number of hydrogen-bond acceptors (Lipinski definition) is 3. The molecule has 4 aliphatic rings. The zero-order valence-electron chi connectivity index (χ0n) is 18.7. The van der Waals surface area contributed by atoms with Gasteiger partial charge < -0.3 is 9.80 Å². The fourth-order valence-electron chi connectivity index (χ4n) is 6.66. The van der Waals surface area contributed by atoms with Crippen molar-refractivity contribution in [3.63, 3.8) is 0 Å². The monoisotopic (exact) mass is 375 g/mol. The van der Waals surface area contributed by atoms with E-state index in [9.17, 15) is 0 Å². The average molecular weight is 376 g/mol. The topological polar surface area (TPSA) is 9.72 Å². The first kappa shape index (κ1) is 20.2. The Morgan fingerprint density at radius 1 is 0.778 bits per heavy atom. The number of piperazine rings is 1. The van der Waals surface area contributed by atoms with Crippen LogP contribution in [0.25, 0.3) is 0 Å². The third-order valence-electron chi connectivity index (χ3n) is 8.37. The summed E-state index contributed by atoms with van der Waals surface area (Å²) in [6.45, 7) is 20.2. The van der Waals surface area contributed by atoms with Crippen molar-refractivity contribution >= 4 is 0 Å². The fraction of sp³-hybridized carbons (Fsp3) is 1.00. The maximum Gasteiger partial charge on any atom is 0.0113 e. The number of hydrogen-bond donors (Lipinski definition) is 0. The van der Waals surface area contributed by atoms with E-state index in [4.69, 9.17) is 0 Å². The highest BCUT2D eigenvalue weighted by atomic mass is 15.3. The van der Waals surface area contributed by atoms with Gasteiger partial charge in [-0.25, -0.2) is 0 Å². The molecule has 4 rings (SSSR count). The maximum absolute atomic E-state index is 2.83. The van der Waals surface area contributed by atoms with E-state index >= 15 is 0 Å². The summed E-state index contributed by atoms with van der Waals surface area (Å²) in [5, 5.41) is 0. The van der Waals surface area contributed by atoms with Crippen LogP contribution in [0, 0.1) is 22.7 Å². The highest BCUT2D eigenvalue weighted by Crippen LogP contribution is 2.55. The van der Waals surface area contributed by atoms with Crippen molar-refractivity contribution in [2.75, 3.05) is 52.4 Å². The summed E-state index contributed by atoms with van der Waals surface area (Å²) in [6.07, 6.45) is 10.5. The van der Waals surface area contributed by atoms with Crippen LogP contribution in [-0.2, 0) is 0 Å². The summed E-state index contributed by atoms with van der Waals surface area (Å²) in [5.74, 6) is 1.87. The van der Waals surface area contributed by atoms with Gasteiger partial charge in [0.2, 0.25) is 0 Å². The van der Waals surface area contributed by atoms with Gasteiger partial charge in [-0.05, 0) is 94.5 Å². The second-order valence-corrected chi connectivity index (χ2v) is 11.6. The lowest BCUT2D eigenvalue weighted by atomic mass is 9.57. The molecule has 0 bridgehead atoms.